The van der Waals surface area contributed by atoms with E-state index in [0.29, 0.717) is 12.6 Å². The monoisotopic (exact) mass is 265 g/mol. The summed E-state index contributed by atoms with van der Waals surface area (Å²) in [6.07, 6.45) is 3.22. The normalized spacial score (nSPS) is 23.3. The molecule has 0 amide bonds. The van der Waals surface area contributed by atoms with Crippen LogP contribution in [0.4, 0.5) is 4.39 Å². The summed E-state index contributed by atoms with van der Waals surface area (Å²) in [7, 11) is 0. The molecule has 0 aromatic heterocycles. The molecule has 0 heterocycles. The number of carboxylic acid groups (broad SMARTS) is 1. The maximum Gasteiger partial charge on any atom is 0.306 e. The number of carboxylic acids is 1. The predicted octanol–water partition coefficient (Wildman–Crippen LogP) is 2.87. The van der Waals surface area contributed by atoms with Gasteiger partial charge in [0.15, 0.2) is 0 Å². The lowest BCUT2D eigenvalue weighted by atomic mass is 9.86. The van der Waals surface area contributed by atoms with E-state index in [-0.39, 0.29) is 11.7 Å². The highest BCUT2D eigenvalue weighted by molar-refractivity contribution is 5.70. The average Bonchev–Trinajstić information content (AvgIpc) is 2.40. The Balaban J connectivity index is 1.83. The van der Waals surface area contributed by atoms with Crippen LogP contribution in [-0.4, -0.2) is 17.1 Å². The molecule has 0 saturated heterocycles. The van der Waals surface area contributed by atoms with Gasteiger partial charge < -0.3 is 10.4 Å². The molecule has 2 rings (SSSR count). The van der Waals surface area contributed by atoms with Crippen LogP contribution in [0.15, 0.2) is 18.2 Å². The largest absolute Gasteiger partial charge is 0.481 e. The third-order valence-electron chi connectivity index (χ3n) is 3.97. The number of aliphatic carboxylic acids is 1. The van der Waals surface area contributed by atoms with E-state index < -0.39 is 5.97 Å². The zero-order chi connectivity index (χ0) is 13.8. The molecule has 0 spiro atoms. The van der Waals surface area contributed by atoms with E-state index in [1.165, 1.54) is 6.07 Å². The average molecular weight is 265 g/mol. The Bertz CT molecular complexity index is 453. The van der Waals surface area contributed by atoms with E-state index in [0.717, 1.165) is 36.8 Å². The molecule has 19 heavy (non-hydrogen) atoms. The first-order valence-corrected chi connectivity index (χ1v) is 6.77. The van der Waals surface area contributed by atoms with Crippen LogP contribution in [0.2, 0.25) is 0 Å². The summed E-state index contributed by atoms with van der Waals surface area (Å²) in [5.74, 6) is -1.08. The molecule has 1 fully saturated rings. The highest BCUT2D eigenvalue weighted by atomic mass is 19.1. The number of hydrogen-bond acceptors (Lipinski definition) is 2. The van der Waals surface area contributed by atoms with Crippen molar-refractivity contribution in [3.63, 3.8) is 0 Å². The summed E-state index contributed by atoms with van der Waals surface area (Å²) in [5, 5.41) is 12.3. The quantitative estimate of drug-likeness (QED) is 0.880. The minimum absolute atomic E-state index is 0.186. The van der Waals surface area contributed by atoms with Crippen LogP contribution < -0.4 is 5.32 Å². The molecule has 1 aliphatic rings. The first-order chi connectivity index (χ1) is 9.06. The number of carbonyl (C=O) groups is 1. The van der Waals surface area contributed by atoms with E-state index in [1.54, 1.807) is 12.1 Å². The van der Waals surface area contributed by atoms with Crippen molar-refractivity contribution in [2.75, 3.05) is 0 Å². The lowest BCUT2D eigenvalue weighted by Crippen LogP contribution is -2.34. The molecule has 3 nitrogen and oxygen atoms in total. The second kappa shape index (κ2) is 6.15. The van der Waals surface area contributed by atoms with Crippen LogP contribution >= 0.6 is 0 Å². The molecule has 0 unspecified atom stereocenters. The standard InChI is InChI=1S/C15H20FNO2/c1-10-2-5-13(16)8-12(10)9-17-14-6-3-11(4-7-14)15(18)19/h2,5,8,11,14,17H,3-4,6-7,9H2,1H3,(H,18,19). The van der Waals surface area contributed by atoms with Gasteiger partial charge in [-0.1, -0.05) is 6.07 Å². The third kappa shape index (κ3) is 3.77. The molecule has 4 heteroatoms. The van der Waals surface area contributed by atoms with E-state index in [9.17, 15) is 9.18 Å². The van der Waals surface area contributed by atoms with Gasteiger partial charge in [-0.2, -0.15) is 0 Å². The van der Waals surface area contributed by atoms with E-state index in [4.69, 9.17) is 5.11 Å². The van der Waals surface area contributed by atoms with Crippen molar-refractivity contribution in [1.29, 1.82) is 0 Å². The van der Waals surface area contributed by atoms with Crippen LogP contribution in [0.25, 0.3) is 0 Å². The van der Waals surface area contributed by atoms with Gasteiger partial charge in [-0.25, -0.2) is 4.39 Å². The molecular weight excluding hydrogens is 245 g/mol. The summed E-state index contributed by atoms with van der Waals surface area (Å²) >= 11 is 0. The Hall–Kier alpha value is -1.42. The third-order valence-corrected chi connectivity index (χ3v) is 3.97. The van der Waals surface area contributed by atoms with E-state index in [1.807, 2.05) is 6.92 Å². The Morgan fingerprint density at radius 3 is 2.68 bits per heavy atom. The van der Waals surface area contributed by atoms with Gasteiger partial charge in [0.05, 0.1) is 5.92 Å². The van der Waals surface area contributed by atoms with Crippen LogP contribution in [-0.2, 0) is 11.3 Å². The highest BCUT2D eigenvalue weighted by Crippen LogP contribution is 2.24. The van der Waals surface area contributed by atoms with Gasteiger partial charge in [0.2, 0.25) is 0 Å². The van der Waals surface area contributed by atoms with Crippen LogP contribution in [0, 0.1) is 18.7 Å². The number of hydrogen-bond donors (Lipinski definition) is 2. The van der Waals surface area contributed by atoms with Crippen molar-refractivity contribution >= 4 is 5.97 Å². The van der Waals surface area contributed by atoms with Gasteiger partial charge >= 0.3 is 5.97 Å². The van der Waals surface area contributed by atoms with Crippen molar-refractivity contribution in [3.05, 3.63) is 35.1 Å². The number of halogens is 1. The molecule has 1 aromatic rings. The molecule has 2 N–H and O–H groups in total. The SMILES string of the molecule is Cc1ccc(F)cc1CNC1CCC(C(=O)O)CC1. The van der Waals surface area contributed by atoms with E-state index >= 15 is 0 Å². The van der Waals surface area contributed by atoms with Gasteiger partial charge in [-0.05, 0) is 55.9 Å². The first-order valence-electron chi connectivity index (χ1n) is 6.77. The van der Waals surface area contributed by atoms with Gasteiger partial charge in [0.25, 0.3) is 0 Å². The Kier molecular flexibility index (Phi) is 4.53. The molecule has 0 bridgehead atoms. The fraction of sp³-hybridized carbons (Fsp3) is 0.533. The van der Waals surface area contributed by atoms with Crippen LogP contribution in [0.1, 0.15) is 36.8 Å². The predicted molar refractivity (Wildman–Crippen MR) is 71.4 cm³/mol. The molecule has 1 saturated carbocycles. The van der Waals surface area contributed by atoms with Gasteiger partial charge in [-0.3, -0.25) is 4.79 Å². The maximum atomic E-state index is 13.2. The lowest BCUT2D eigenvalue weighted by molar-refractivity contribution is -0.142. The Morgan fingerprint density at radius 1 is 1.37 bits per heavy atom. The summed E-state index contributed by atoms with van der Waals surface area (Å²) in [5.41, 5.74) is 2.05. The summed E-state index contributed by atoms with van der Waals surface area (Å²) in [6, 6.07) is 5.16. The number of aryl methyl sites for hydroxylation is 1. The maximum absolute atomic E-state index is 13.2. The molecule has 0 radical (unpaired) electrons. The first kappa shape index (κ1) is 14.0. The number of rotatable bonds is 4. The molecule has 1 aliphatic carbocycles. The van der Waals surface area contributed by atoms with Crippen molar-refractivity contribution in [2.24, 2.45) is 5.92 Å². The molecule has 0 atom stereocenters. The second-order valence-electron chi connectivity index (χ2n) is 5.34. The number of nitrogens with one attached hydrogen (secondary N) is 1. The summed E-state index contributed by atoms with van der Waals surface area (Å²) < 4.78 is 13.2. The smallest absolute Gasteiger partial charge is 0.306 e. The van der Waals surface area contributed by atoms with Crippen LogP contribution in [0.5, 0.6) is 0 Å². The topological polar surface area (TPSA) is 49.3 Å². The lowest BCUT2D eigenvalue weighted by Gasteiger charge is -2.27. The Labute approximate surface area is 112 Å². The number of benzene rings is 1. The van der Waals surface area contributed by atoms with Gasteiger partial charge in [0, 0.05) is 12.6 Å². The van der Waals surface area contributed by atoms with Crippen LogP contribution in [0.3, 0.4) is 0 Å². The molecular formula is C15H20FNO2. The fourth-order valence-corrected chi connectivity index (χ4v) is 2.63. The molecule has 0 aliphatic heterocycles. The fourth-order valence-electron chi connectivity index (χ4n) is 2.63. The summed E-state index contributed by atoms with van der Waals surface area (Å²) in [6.45, 7) is 2.61. The molecule has 1 aromatic carbocycles. The van der Waals surface area contributed by atoms with Crippen molar-refractivity contribution in [3.8, 4) is 0 Å². The van der Waals surface area contributed by atoms with Crippen molar-refractivity contribution < 1.29 is 14.3 Å². The van der Waals surface area contributed by atoms with Crippen molar-refractivity contribution in [1.82, 2.24) is 5.32 Å². The second-order valence-corrected chi connectivity index (χ2v) is 5.34. The minimum Gasteiger partial charge on any atom is -0.481 e. The summed E-state index contributed by atoms with van der Waals surface area (Å²) in [4.78, 5) is 10.9. The zero-order valence-electron chi connectivity index (χ0n) is 11.2. The Morgan fingerprint density at radius 2 is 2.05 bits per heavy atom. The highest BCUT2D eigenvalue weighted by Gasteiger charge is 2.25. The van der Waals surface area contributed by atoms with E-state index in [2.05, 4.69) is 5.32 Å². The van der Waals surface area contributed by atoms with Gasteiger partial charge in [0.1, 0.15) is 5.82 Å². The van der Waals surface area contributed by atoms with Crippen molar-refractivity contribution in [2.45, 2.75) is 45.2 Å². The molecule has 104 valence electrons. The van der Waals surface area contributed by atoms with Gasteiger partial charge in [-0.15, -0.1) is 0 Å². The zero-order valence-corrected chi connectivity index (χ0v) is 11.2. The minimum atomic E-state index is -0.681.